The van der Waals surface area contributed by atoms with Gasteiger partial charge in [0, 0.05) is 36.8 Å². The van der Waals surface area contributed by atoms with Crippen LogP contribution in [0.2, 0.25) is 0 Å². The maximum absolute atomic E-state index is 15.1. The van der Waals surface area contributed by atoms with Crippen LogP contribution >= 0.6 is 0 Å². The van der Waals surface area contributed by atoms with E-state index in [0.717, 1.165) is 25.3 Å². The van der Waals surface area contributed by atoms with Gasteiger partial charge in [-0.2, -0.15) is 0 Å². The molecule has 33 heavy (non-hydrogen) atoms. The molecule has 1 aliphatic heterocycles. The number of benzene rings is 1. The molecule has 2 aliphatic rings. The Morgan fingerprint density at radius 1 is 1.24 bits per heavy atom. The van der Waals surface area contributed by atoms with Gasteiger partial charge in [-0.1, -0.05) is 6.92 Å². The molecule has 1 saturated carbocycles. The summed E-state index contributed by atoms with van der Waals surface area (Å²) in [6, 6.07) is 2.91. The lowest BCUT2D eigenvalue weighted by Gasteiger charge is -2.27. The van der Waals surface area contributed by atoms with Crippen LogP contribution in [-0.4, -0.2) is 54.5 Å². The summed E-state index contributed by atoms with van der Waals surface area (Å²) in [4.78, 5) is 37.0. The number of carbonyl (C=O) groups excluding carboxylic acids is 2. The highest BCUT2D eigenvalue weighted by atomic mass is 19.1. The highest BCUT2D eigenvalue weighted by Crippen LogP contribution is 2.37. The summed E-state index contributed by atoms with van der Waals surface area (Å²) in [5, 5.41) is 14.7. The van der Waals surface area contributed by atoms with Gasteiger partial charge in [0.25, 0.3) is 5.91 Å². The van der Waals surface area contributed by atoms with Gasteiger partial charge >= 0.3 is 12.2 Å². The zero-order valence-corrected chi connectivity index (χ0v) is 19.4. The van der Waals surface area contributed by atoms with E-state index in [1.165, 1.54) is 0 Å². The van der Waals surface area contributed by atoms with Gasteiger partial charge in [0.2, 0.25) is 0 Å². The number of anilines is 2. The number of alkyl carbamates (subject to hydrolysis) is 1. The maximum Gasteiger partial charge on any atom is 0.423 e. The second-order valence-corrected chi connectivity index (χ2v) is 9.99. The van der Waals surface area contributed by atoms with Crippen molar-refractivity contribution in [2.75, 3.05) is 29.9 Å². The van der Waals surface area contributed by atoms with Gasteiger partial charge in [0.05, 0.1) is 11.3 Å². The Bertz CT molecular complexity index is 930. The molecule has 182 valence electrons. The van der Waals surface area contributed by atoms with E-state index in [1.807, 2.05) is 17.2 Å². The maximum atomic E-state index is 15.1. The first kappa shape index (κ1) is 24.4. The normalized spacial score (nSPS) is 20.2. The van der Waals surface area contributed by atoms with Gasteiger partial charge in [-0.05, 0) is 52.2 Å². The van der Waals surface area contributed by atoms with Crippen LogP contribution in [-0.2, 0) is 4.74 Å². The van der Waals surface area contributed by atoms with Crippen molar-refractivity contribution in [2.24, 2.45) is 5.41 Å². The molecule has 1 atom stereocenters. The van der Waals surface area contributed by atoms with Crippen molar-refractivity contribution in [2.45, 2.75) is 58.6 Å². The highest BCUT2D eigenvalue weighted by Gasteiger charge is 2.36. The Kier molecular flexibility index (Phi) is 6.89. The number of carboxylic acid groups (broad SMARTS) is 1. The topological polar surface area (TPSA) is 132 Å². The van der Waals surface area contributed by atoms with Gasteiger partial charge < -0.3 is 25.4 Å². The fraction of sp³-hybridized carbons (Fsp3) is 0.591. The highest BCUT2D eigenvalue weighted by molar-refractivity contribution is 6.01. The third-order valence-corrected chi connectivity index (χ3v) is 5.51. The Labute approximate surface area is 192 Å². The van der Waals surface area contributed by atoms with Crippen molar-refractivity contribution in [1.29, 1.82) is 0 Å². The Morgan fingerprint density at radius 3 is 2.55 bits per heavy atom. The molecule has 3 amide bonds. The molecule has 1 heterocycles. The van der Waals surface area contributed by atoms with E-state index in [2.05, 4.69) is 10.6 Å². The molecule has 11 heteroatoms. The van der Waals surface area contributed by atoms with Crippen LogP contribution < -0.4 is 26.4 Å². The lowest BCUT2D eigenvalue weighted by atomic mass is 9.90. The molecule has 0 aromatic heterocycles. The third kappa shape index (κ3) is 6.87. The minimum atomic E-state index is -1.42. The Balaban J connectivity index is 1.72. The van der Waals surface area contributed by atoms with Crippen LogP contribution in [0.25, 0.3) is 0 Å². The molecule has 0 bridgehead atoms. The second-order valence-electron chi connectivity index (χ2n) is 9.99. The summed E-state index contributed by atoms with van der Waals surface area (Å²) in [5.74, 6) is -1.33. The molecular weight excluding hydrogens is 433 g/mol. The number of carbonyl (C=O) groups is 3. The summed E-state index contributed by atoms with van der Waals surface area (Å²) in [6.45, 7) is 8.88. The van der Waals surface area contributed by atoms with Gasteiger partial charge in [-0.25, -0.2) is 19.4 Å². The molecule has 2 fully saturated rings. The molecule has 10 nitrogen and oxygen atoms in total. The fourth-order valence-corrected chi connectivity index (χ4v) is 3.71. The summed E-state index contributed by atoms with van der Waals surface area (Å²) in [7, 11) is 0. The SMILES string of the molecule is CC1(CNC(=O)OC(C)(C)C)CCN(c2cc(NC3CC3)c(C(=O)NNC(=O)O)cc2F)C1. The van der Waals surface area contributed by atoms with Crippen molar-refractivity contribution in [3.05, 3.63) is 23.5 Å². The average molecular weight is 466 g/mol. The zero-order valence-electron chi connectivity index (χ0n) is 19.4. The number of hydrogen-bond acceptors (Lipinski definition) is 6. The standard InChI is InChI=1S/C22H32FN5O5/c1-21(2,3)33-20(32)24-11-22(4)7-8-28(12-22)17-10-16(25-13-5-6-13)14(9-15(17)23)18(29)26-27-19(30)31/h9-10,13,25,27H,5-8,11-12H2,1-4H3,(H,24,32)(H,26,29)(H,30,31). The lowest BCUT2D eigenvalue weighted by Crippen LogP contribution is -2.41. The molecular formula is C22H32FN5O5. The quantitative estimate of drug-likeness (QED) is 0.408. The number of nitrogens with one attached hydrogen (secondary N) is 4. The van der Waals surface area contributed by atoms with E-state index in [4.69, 9.17) is 9.84 Å². The first-order valence-corrected chi connectivity index (χ1v) is 11.0. The molecule has 1 aromatic carbocycles. The summed E-state index contributed by atoms with van der Waals surface area (Å²) < 4.78 is 20.4. The number of ether oxygens (including phenoxy) is 1. The number of rotatable bonds is 6. The predicted octanol–water partition coefficient (Wildman–Crippen LogP) is 3.05. The van der Waals surface area contributed by atoms with Gasteiger partial charge in [0.1, 0.15) is 11.4 Å². The monoisotopic (exact) mass is 465 g/mol. The largest absolute Gasteiger partial charge is 0.464 e. The van der Waals surface area contributed by atoms with Crippen LogP contribution in [0.5, 0.6) is 0 Å². The van der Waals surface area contributed by atoms with Crippen molar-refractivity contribution in [1.82, 2.24) is 16.2 Å². The first-order chi connectivity index (χ1) is 15.3. The van der Waals surface area contributed by atoms with Gasteiger partial charge in [0.15, 0.2) is 0 Å². The Hall–Kier alpha value is -3.24. The minimum Gasteiger partial charge on any atom is -0.464 e. The predicted molar refractivity (Wildman–Crippen MR) is 121 cm³/mol. The van der Waals surface area contributed by atoms with E-state index < -0.39 is 29.5 Å². The van der Waals surface area contributed by atoms with Crippen LogP contribution in [0.3, 0.4) is 0 Å². The van der Waals surface area contributed by atoms with Crippen molar-refractivity contribution in [3.63, 3.8) is 0 Å². The number of hydrogen-bond donors (Lipinski definition) is 5. The number of nitrogens with zero attached hydrogens (tertiary/aromatic N) is 1. The molecule has 1 saturated heterocycles. The Morgan fingerprint density at radius 2 is 1.94 bits per heavy atom. The van der Waals surface area contributed by atoms with E-state index in [9.17, 15) is 14.4 Å². The molecule has 1 unspecified atom stereocenters. The minimum absolute atomic E-state index is 0.0189. The number of halogens is 1. The number of hydrazine groups is 1. The van der Waals surface area contributed by atoms with Gasteiger partial charge in [-0.3, -0.25) is 10.2 Å². The van der Waals surface area contributed by atoms with Crippen LogP contribution in [0, 0.1) is 11.2 Å². The van der Waals surface area contributed by atoms with E-state index in [0.29, 0.717) is 31.0 Å². The van der Waals surface area contributed by atoms with E-state index in [1.54, 1.807) is 32.3 Å². The van der Waals surface area contributed by atoms with Crippen LogP contribution in [0.1, 0.15) is 57.3 Å². The second kappa shape index (κ2) is 9.32. The van der Waals surface area contributed by atoms with Crippen molar-refractivity contribution < 1.29 is 28.6 Å². The van der Waals surface area contributed by atoms with Crippen molar-refractivity contribution >= 4 is 29.5 Å². The molecule has 3 rings (SSSR count). The lowest BCUT2D eigenvalue weighted by molar-refractivity contribution is 0.0507. The third-order valence-electron chi connectivity index (χ3n) is 5.51. The molecule has 0 radical (unpaired) electrons. The first-order valence-electron chi connectivity index (χ1n) is 11.0. The smallest absolute Gasteiger partial charge is 0.423 e. The average Bonchev–Trinajstić information content (AvgIpc) is 3.44. The molecule has 1 aliphatic carbocycles. The summed E-state index contributed by atoms with van der Waals surface area (Å²) in [6.07, 6.45) is 0.708. The molecule has 5 N–H and O–H groups in total. The fourth-order valence-electron chi connectivity index (χ4n) is 3.71. The van der Waals surface area contributed by atoms with E-state index >= 15 is 4.39 Å². The van der Waals surface area contributed by atoms with E-state index in [-0.39, 0.29) is 17.0 Å². The van der Waals surface area contributed by atoms with Crippen molar-refractivity contribution in [3.8, 4) is 0 Å². The number of amides is 3. The van der Waals surface area contributed by atoms with Crippen LogP contribution in [0.15, 0.2) is 12.1 Å². The zero-order chi connectivity index (χ0) is 24.4. The molecule has 0 spiro atoms. The van der Waals surface area contributed by atoms with Crippen LogP contribution in [0.4, 0.5) is 25.4 Å². The van der Waals surface area contributed by atoms with Gasteiger partial charge in [-0.15, -0.1) is 0 Å². The molecule has 1 aromatic rings. The summed E-state index contributed by atoms with van der Waals surface area (Å²) in [5.41, 5.74) is 3.77. The summed E-state index contributed by atoms with van der Waals surface area (Å²) >= 11 is 0.